The molecule has 0 saturated carbocycles. The SMILES string of the molecule is CC(=O)c1ccc2c(c1)N(C)CC(Cn1ccnc1)=N2. The van der Waals surface area contributed by atoms with Gasteiger partial charge in [0.25, 0.3) is 0 Å². The number of nitrogens with zero attached hydrogens (tertiary/aromatic N) is 4. The summed E-state index contributed by atoms with van der Waals surface area (Å²) < 4.78 is 2.00. The molecule has 0 spiro atoms. The largest absolute Gasteiger partial charge is 0.367 e. The highest BCUT2D eigenvalue weighted by Crippen LogP contribution is 2.32. The molecule has 20 heavy (non-hydrogen) atoms. The van der Waals surface area contributed by atoms with Gasteiger partial charge in [0.2, 0.25) is 0 Å². The fraction of sp³-hybridized carbons (Fsp3) is 0.267. The van der Waals surface area contributed by atoms with Crippen molar-refractivity contribution >= 4 is 22.9 Å². The molecule has 0 N–H and O–H groups in total. The van der Waals surface area contributed by atoms with Crippen molar-refractivity contribution in [3.05, 3.63) is 42.5 Å². The Balaban J connectivity index is 1.93. The molecule has 0 amide bonds. The lowest BCUT2D eigenvalue weighted by Crippen LogP contribution is -2.31. The molecule has 5 heteroatoms. The van der Waals surface area contributed by atoms with Crippen LogP contribution in [0.3, 0.4) is 0 Å². The third-order valence-electron chi connectivity index (χ3n) is 3.42. The van der Waals surface area contributed by atoms with Crippen molar-refractivity contribution < 1.29 is 4.79 Å². The average Bonchev–Trinajstić information content (AvgIpc) is 2.91. The lowest BCUT2D eigenvalue weighted by molar-refractivity contribution is 0.101. The van der Waals surface area contributed by atoms with E-state index < -0.39 is 0 Å². The maximum Gasteiger partial charge on any atom is 0.159 e. The molecular formula is C15H16N4O. The minimum atomic E-state index is 0.0781. The molecule has 1 aliphatic heterocycles. The number of Topliss-reactive ketones (excluding diaryl/α,β-unsaturated/α-hetero) is 1. The van der Waals surface area contributed by atoms with E-state index in [2.05, 4.69) is 14.9 Å². The third-order valence-corrected chi connectivity index (χ3v) is 3.42. The first-order chi connectivity index (χ1) is 9.63. The van der Waals surface area contributed by atoms with Gasteiger partial charge in [0.15, 0.2) is 5.78 Å². The minimum Gasteiger partial charge on any atom is -0.367 e. The van der Waals surface area contributed by atoms with Gasteiger partial charge in [-0.15, -0.1) is 0 Å². The second-order valence-corrected chi connectivity index (χ2v) is 5.03. The standard InChI is InChI=1S/C15H16N4O/c1-11(20)12-3-4-14-15(7-12)18(2)8-13(17-14)9-19-6-5-16-10-19/h3-7,10H,8-9H2,1-2H3. The number of anilines is 1. The zero-order valence-electron chi connectivity index (χ0n) is 11.6. The van der Waals surface area contributed by atoms with Crippen LogP contribution in [0.1, 0.15) is 17.3 Å². The summed E-state index contributed by atoms with van der Waals surface area (Å²) >= 11 is 0. The van der Waals surface area contributed by atoms with Crippen molar-refractivity contribution in [2.24, 2.45) is 4.99 Å². The first-order valence-corrected chi connectivity index (χ1v) is 6.52. The van der Waals surface area contributed by atoms with Gasteiger partial charge in [0.05, 0.1) is 36.5 Å². The van der Waals surface area contributed by atoms with E-state index >= 15 is 0 Å². The number of benzene rings is 1. The number of fused-ring (bicyclic) bond motifs is 1. The molecular weight excluding hydrogens is 252 g/mol. The van der Waals surface area contributed by atoms with E-state index in [0.717, 1.165) is 35.7 Å². The van der Waals surface area contributed by atoms with Crippen LogP contribution in [-0.4, -0.2) is 34.6 Å². The molecule has 0 unspecified atom stereocenters. The molecule has 1 aromatic carbocycles. The lowest BCUT2D eigenvalue weighted by atomic mass is 10.1. The highest BCUT2D eigenvalue weighted by atomic mass is 16.1. The molecule has 2 heterocycles. The van der Waals surface area contributed by atoms with Crippen molar-refractivity contribution in [2.45, 2.75) is 13.5 Å². The Hall–Kier alpha value is -2.43. The molecule has 0 fully saturated rings. The Labute approximate surface area is 117 Å². The van der Waals surface area contributed by atoms with E-state index in [4.69, 9.17) is 0 Å². The second kappa shape index (κ2) is 4.92. The third kappa shape index (κ3) is 2.34. The van der Waals surface area contributed by atoms with Gasteiger partial charge in [-0.2, -0.15) is 0 Å². The Morgan fingerprint density at radius 3 is 2.95 bits per heavy atom. The molecule has 0 radical (unpaired) electrons. The van der Waals surface area contributed by atoms with Crippen LogP contribution in [0.5, 0.6) is 0 Å². The van der Waals surface area contributed by atoms with Crippen LogP contribution in [0.15, 0.2) is 41.9 Å². The number of aromatic nitrogens is 2. The predicted octanol–water partition coefficient (Wildman–Crippen LogP) is 2.31. The molecule has 102 valence electrons. The summed E-state index contributed by atoms with van der Waals surface area (Å²) in [6.45, 7) is 3.07. The molecule has 1 aromatic heterocycles. The normalized spacial score (nSPS) is 13.9. The number of aliphatic imine (C=N–C) groups is 1. The first-order valence-electron chi connectivity index (χ1n) is 6.52. The van der Waals surface area contributed by atoms with Gasteiger partial charge < -0.3 is 9.47 Å². The topological polar surface area (TPSA) is 50.5 Å². The van der Waals surface area contributed by atoms with E-state index in [0.29, 0.717) is 0 Å². The molecule has 5 nitrogen and oxygen atoms in total. The Morgan fingerprint density at radius 2 is 2.25 bits per heavy atom. The molecule has 0 saturated heterocycles. The number of carbonyl (C=O) groups excluding carboxylic acids is 1. The van der Waals surface area contributed by atoms with Crippen LogP contribution in [0.25, 0.3) is 0 Å². The van der Waals surface area contributed by atoms with Crippen molar-refractivity contribution in [3.63, 3.8) is 0 Å². The molecule has 0 bridgehead atoms. The zero-order chi connectivity index (χ0) is 14.1. The highest BCUT2D eigenvalue weighted by Gasteiger charge is 2.17. The van der Waals surface area contributed by atoms with Crippen LogP contribution < -0.4 is 4.90 Å². The van der Waals surface area contributed by atoms with Crippen molar-refractivity contribution in [1.82, 2.24) is 9.55 Å². The van der Waals surface area contributed by atoms with Gasteiger partial charge in [-0.3, -0.25) is 9.79 Å². The number of imidazole rings is 1. The number of hydrogen-bond acceptors (Lipinski definition) is 4. The van der Waals surface area contributed by atoms with Gasteiger partial charge in [-0.05, 0) is 25.1 Å². The minimum absolute atomic E-state index is 0.0781. The van der Waals surface area contributed by atoms with Crippen LogP contribution in [0, 0.1) is 0 Å². The van der Waals surface area contributed by atoms with E-state index in [1.807, 2.05) is 36.0 Å². The summed E-state index contributed by atoms with van der Waals surface area (Å²) in [5, 5.41) is 0. The van der Waals surface area contributed by atoms with Crippen molar-refractivity contribution in [1.29, 1.82) is 0 Å². The van der Waals surface area contributed by atoms with E-state index in [1.165, 1.54) is 0 Å². The zero-order valence-corrected chi connectivity index (χ0v) is 11.6. The molecule has 3 rings (SSSR count). The highest BCUT2D eigenvalue weighted by molar-refractivity contribution is 5.99. The van der Waals surface area contributed by atoms with Gasteiger partial charge in [0.1, 0.15) is 0 Å². The number of hydrogen-bond donors (Lipinski definition) is 0. The summed E-state index contributed by atoms with van der Waals surface area (Å²) in [5.74, 6) is 0.0781. The first kappa shape index (κ1) is 12.6. The Morgan fingerprint density at radius 1 is 1.40 bits per heavy atom. The predicted molar refractivity (Wildman–Crippen MR) is 79.0 cm³/mol. The maximum absolute atomic E-state index is 11.4. The summed E-state index contributed by atoms with van der Waals surface area (Å²) in [4.78, 5) is 22.3. The fourth-order valence-electron chi connectivity index (χ4n) is 2.38. The maximum atomic E-state index is 11.4. The summed E-state index contributed by atoms with van der Waals surface area (Å²) in [6, 6.07) is 5.66. The monoisotopic (exact) mass is 268 g/mol. The van der Waals surface area contributed by atoms with Crippen LogP contribution in [-0.2, 0) is 6.54 Å². The molecule has 0 aliphatic carbocycles. The van der Waals surface area contributed by atoms with E-state index in [-0.39, 0.29) is 5.78 Å². The van der Waals surface area contributed by atoms with Crippen molar-refractivity contribution in [3.8, 4) is 0 Å². The Bertz CT molecular complexity index is 673. The number of carbonyl (C=O) groups is 1. The summed E-state index contributed by atoms with van der Waals surface area (Å²) in [5.41, 5.74) is 3.73. The lowest BCUT2D eigenvalue weighted by Gasteiger charge is -2.27. The molecule has 0 atom stereocenters. The quantitative estimate of drug-likeness (QED) is 0.803. The van der Waals surface area contributed by atoms with E-state index in [9.17, 15) is 4.79 Å². The van der Waals surface area contributed by atoms with Gasteiger partial charge in [0, 0.05) is 25.0 Å². The van der Waals surface area contributed by atoms with Crippen LogP contribution in [0.2, 0.25) is 0 Å². The molecule has 2 aromatic rings. The van der Waals surface area contributed by atoms with Crippen molar-refractivity contribution in [2.75, 3.05) is 18.5 Å². The van der Waals surface area contributed by atoms with E-state index in [1.54, 1.807) is 19.4 Å². The average molecular weight is 268 g/mol. The smallest absolute Gasteiger partial charge is 0.159 e. The van der Waals surface area contributed by atoms with Crippen LogP contribution in [0.4, 0.5) is 11.4 Å². The number of ketones is 1. The summed E-state index contributed by atoms with van der Waals surface area (Å²) in [6.07, 6.45) is 5.48. The summed E-state index contributed by atoms with van der Waals surface area (Å²) in [7, 11) is 2.02. The Kier molecular flexibility index (Phi) is 3.10. The van der Waals surface area contributed by atoms with Crippen LogP contribution >= 0.6 is 0 Å². The van der Waals surface area contributed by atoms with Gasteiger partial charge in [-0.25, -0.2) is 4.98 Å². The number of rotatable bonds is 3. The second-order valence-electron chi connectivity index (χ2n) is 5.03. The van der Waals surface area contributed by atoms with Gasteiger partial charge in [-0.1, -0.05) is 0 Å². The fourth-order valence-corrected chi connectivity index (χ4v) is 2.38. The van der Waals surface area contributed by atoms with Gasteiger partial charge >= 0.3 is 0 Å². The molecule has 1 aliphatic rings.